The summed E-state index contributed by atoms with van der Waals surface area (Å²) in [5.74, 6) is -0.199. The van der Waals surface area contributed by atoms with Crippen molar-refractivity contribution in [3.63, 3.8) is 0 Å². The molecule has 1 aromatic carbocycles. The number of hydrogen-bond donors (Lipinski definition) is 2. The Morgan fingerprint density at radius 1 is 1.62 bits per heavy atom. The van der Waals surface area contributed by atoms with Gasteiger partial charge in [-0.1, -0.05) is 18.3 Å². The van der Waals surface area contributed by atoms with Crippen molar-refractivity contribution in [3.05, 3.63) is 28.3 Å². The molecule has 13 heavy (non-hydrogen) atoms. The fourth-order valence-electron chi connectivity index (χ4n) is 0.887. The second-order valence-corrected chi connectivity index (χ2v) is 2.43. The van der Waals surface area contributed by atoms with Gasteiger partial charge in [-0.15, -0.1) is 0 Å². The Bertz CT molecular complexity index is 354. The molecule has 0 aliphatic rings. The topological polar surface area (TPSA) is 75.4 Å². The van der Waals surface area contributed by atoms with Gasteiger partial charge in [-0.25, -0.2) is 0 Å². The molecule has 0 unspecified atom stereocenters. The fourth-order valence-corrected chi connectivity index (χ4v) is 1.01. The summed E-state index contributed by atoms with van der Waals surface area (Å²) in [5, 5.41) is 22.1. The van der Waals surface area contributed by atoms with Crippen molar-refractivity contribution < 1.29 is 10.0 Å². The van der Waals surface area contributed by atoms with E-state index in [0.717, 1.165) is 5.49 Å². The minimum absolute atomic E-state index is 0.0162. The molecule has 68 valence electrons. The average molecular weight is 198 g/mol. The summed E-state index contributed by atoms with van der Waals surface area (Å²) in [6.07, 6.45) is 0. The molecule has 0 heterocycles. The molecule has 1 rings (SSSR count). The van der Waals surface area contributed by atoms with Crippen molar-refractivity contribution >= 4 is 29.1 Å². The van der Waals surface area contributed by atoms with Gasteiger partial charge in [0.15, 0.2) is 5.69 Å². The van der Waals surface area contributed by atoms with Crippen LogP contribution in [0.5, 0.6) is 5.75 Å². The SMILES string of the molecule is O=[N+]([O-])c1cccc(O)c1NC=S. The number of benzene rings is 1. The van der Waals surface area contributed by atoms with Crippen LogP contribution in [0.25, 0.3) is 0 Å². The molecule has 0 spiro atoms. The molecule has 0 radical (unpaired) electrons. The number of aromatic hydroxyl groups is 1. The number of nitro groups is 1. The number of hydrogen-bond acceptors (Lipinski definition) is 4. The minimum atomic E-state index is -0.596. The standard InChI is InChI=1S/C7H6N2O3S/c10-6-3-1-2-5(9(11)12)7(6)8-4-13/h1-4,10H,(H,8,13). The molecule has 2 N–H and O–H groups in total. The van der Waals surface area contributed by atoms with Gasteiger partial charge in [0, 0.05) is 6.07 Å². The molecule has 0 bridgehead atoms. The van der Waals surface area contributed by atoms with Crippen LogP contribution in [0.2, 0.25) is 0 Å². The number of rotatable bonds is 3. The minimum Gasteiger partial charge on any atom is -0.505 e. The molecular formula is C7H6N2O3S. The van der Waals surface area contributed by atoms with Crippen LogP contribution in [0.3, 0.4) is 0 Å². The van der Waals surface area contributed by atoms with Crippen LogP contribution in [0.15, 0.2) is 18.2 Å². The van der Waals surface area contributed by atoms with Gasteiger partial charge >= 0.3 is 0 Å². The van der Waals surface area contributed by atoms with E-state index in [1.807, 2.05) is 0 Å². The summed E-state index contributed by atoms with van der Waals surface area (Å²) >= 11 is 4.47. The number of nitrogens with one attached hydrogen (secondary N) is 1. The molecule has 1 aromatic rings. The summed E-state index contributed by atoms with van der Waals surface area (Å²) in [5.41, 5.74) is 0.908. The predicted molar refractivity (Wildman–Crippen MR) is 52.0 cm³/mol. The lowest BCUT2D eigenvalue weighted by atomic mass is 10.2. The van der Waals surface area contributed by atoms with Crippen molar-refractivity contribution in [1.29, 1.82) is 0 Å². The van der Waals surface area contributed by atoms with Crippen LogP contribution in [0, 0.1) is 10.1 Å². The van der Waals surface area contributed by atoms with Crippen LogP contribution in [-0.4, -0.2) is 15.5 Å². The van der Waals surface area contributed by atoms with Gasteiger partial charge in [0.2, 0.25) is 0 Å². The van der Waals surface area contributed by atoms with Gasteiger partial charge in [0.05, 0.1) is 10.4 Å². The number of phenols is 1. The molecule has 5 nitrogen and oxygen atoms in total. The summed E-state index contributed by atoms with van der Waals surface area (Å²) in [6, 6.07) is 4.01. The van der Waals surface area contributed by atoms with Crippen LogP contribution < -0.4 is 5.32 Å². The number of nitrogens with zero attached hydrogens (tertiary/aromatic N) is 1. The van der Waals surface area contributed by atoms with Crippen molar-refractivity contribution in [2.24, 2.45) is 0 Å². The Morgan fingerprint density at radius 3 is 2.85 bits per heavy atom. The zero-order chi connectivity index (χ0) is 9.84. The Morgan fingerprint density at radius 2 is 2.31 bits per heavy atom. The highest BCUT2D eigenvalue weighted by atomic mass is 32.1. The Labute approximate surface area is 79.2 Å². The molecule has 0 saturated carbocycles. The third-order valence-corrected chi connectivity index (χ3v) is 1.54. The van der Waals surface area contributed by atoms with E-state index < -0.39 is 4.92 Å². The van der Waals surface area contributed by atoms with Crippen molar-refractivity contribution in [2.75, 3.05) is 5.32 Å². The van der Waals surface area contributed by atoms with Crippen LogP contribution in [-0.2, 0) is 0 Å². The van der Waals surface area contributed by atoms with Crippen LogP contribution >= 0.6 is 12.2 Å². The maximum absolute atomic E-state index is 10.5. The van der Waals surface area contributed by atoms with Crippen LogP contribution in [0.4, 0.5) is 11.4 Å². The maximum Gasteiger partial charge on any atom is 0.296 e. The third kappa shape index (κ3) is 1.91. The van der Waals surface area contributed by atoms with Gasteiger partial charge in [-0.2, -0.15) is 0 Å². The second kappa shape index (κ2) is 3.81. The number of para-hydroxylation sites is 1. The van der Waals surface area contributed by atoms with E-state index in [0.29, 0.717) is 0 Å². The zero-order valence-electron chi connectivity index (χ0n) is 6.43. The lowest BCUT2D eigenvalue weighted by molar-refractivity contribution is -0.384. The zero-order valence-corrected chi connectivity index (χ0v) is 7.25. The number of thiocarbonyl (C=S) groups is 1. The molecule has 0 atom stereocenters. The van der Waals surface area contributed by atoms with E-state index in [9.17, 15) is 15.2 Å². The Hall–Kier alpha value is -1.69. The Balaban J connectivity index is 3.24. The normalized spacial score (nSPS) is 9.23. The average Bonchev–Trinajstić information content (AvgIpc) is 2.08. The van der Waals surface area contributed by atoms with E-state index >= 15 is 0 Å². The first-order valence-corrected chi connectivity index (χ1v) is 3.80. The number of nitro benzene ring substituents is 1. The first-order valence-electron chi connectivity index (χ1n) is 3.33. The van der Waals surface area contributed by atoms with Crippen molar-refractivity contribution in [2.45, 2.75) is 0 Å². The van der Waals surface area contributed by atoms with E-state index in [4.69, 9.17) is 0 Å². The van der Waals surface area contributed by atoms with Gasteiger partial charge in [-0.3, -0.25) is 10.1 Å². The van der Waals surface area contributed by atoms with Gasteiger partial charge in [-0.05, 0) is 6.07 Å². The second-order valence-electron chi connectivity index (χ2n) is 2.19. The highest BCUT2D eigenvalue weighted by Gasteiger charge is 2.15. The van der Waals surface area contributed by atoms with Gasteiger partial charge in [0.1, 0.15) is 5.75 Å². The highest BCUT2D eigenvalue weighted by Crippen LogP contribution is 2.32. The number of anilines is 1. The third-order valence-electron chi connectivity index (χ3n) is 1.42. The van der Waals surface area contributed by atoms with E-state index in [1.165, 1.54) is 18.2 Å². The summed E-state index contributed by atoms with van der Waals surface area (Å²) in [7, 11) is 0. The summed E-state index contributed by atoms with van der Waals surface area (Å²) in [4.78, 5) is 9.86. The lowest BCUT2D eigenvalue weighted by Gasteiger charge is -2.02. The van der Waals surface area contributed by atoms with E-state index in [2.05, 4.69) is 17.5 Å². The molecule has 0 fully saturated rings. The molecule has 0 aliphatic carbocycles. The van der Waals surface area contributed by atoms with Crippen molar-refractivity contribution in [3.8, 4) is 5.75 Å². The summed E-state index contributed by atoms with van der Waals surface area (Å²) < 4.78 is 0. The smallest absolute Gasteiger partial charge is 0.296 e. The van der Waals surface area contributed by atoms with Crippen molar-refractivity contribution in [1.82, 2.24) is 0 Å². The maximum atomic E-state index is 10.5. The highest BCUT2D eigenvalue weighted by molar-refractivity contribution is 7.79. The quantitative estimate of drug-likeness (QED) is 0.334. The predicted octanol–water partition coefficient (Wildman–Crippen LogP) is 1.67. The fraction of sp³-hybridized carbons (Fsp3) is 0. The Kier molecular flexibility index (Phi) is 2.76. The molecule has 0 amide bonds. The first-order chi connectivity index (χ1) is 6.16. The number of phenolic OH excluding ortho intramolecular Hbond substituents is 1. The van der Waals surface area contributed by atoms with E-state index in [-0.39, 0.29) is 17.1 Å². The molecular weight excluding hydrogens is 192 g/mol. The van der Waals surface area contributed by atoms with Gasteiger partial charge < -0.3 is 10.4 Å². The van der Waals surface area contributed by atoms with E-state index in [1.54, 1.807) is 0 Å². The molecule has 6 heteroatoms. The molecule has 0 aromatic heterocycles. The van der Waals surface area contributed by atoms with Gasteiger partial charge in [0.25, 0.3) is 5.69 Å². The molecule has 0 saturated heterocycles. The lowest BCUT2D eigenvalue weighted by Crippen LogP contribution is -1.98. The first kappa shape index (κ1) is 9.40. The summed E-state index contributed by atoms with van der Waals surface area (Å²) in [6.45, 7) is 0. The molecule has 0 aliphatic heterocycles. The largest absolute Gasteiger partial charge is 0.505 e. The monoisotopic (exact) mass is 198 g/mol. The van der Waals surface area contributed by atoms with Crippen LogP contribution in [0.1, 0.15) is 0 Å².